The highest BCUT2D eigenvalue weighted by atomic mass is 16.5. The predicted molar refractivity (Wildman–Crippen MR) is 126 cm³/mol. The Hall–Kier alpha value is -4.57. The van der Waals surface area contributed by atoms with Crippen molar-refractivity contribution < 1.29 is 19.0 Å². The van der Waals surface area contributed by atoms with E-state index in [1.807, 2.05) is 24.3 Å². The molecule has 7 nitrogen and oxygen atoms in total. The van der Waals surface area contributed by atoms with Crippen molar-refractivity contribution in [1.29, 1.82) is 5.26 Å². The van der Waals surface area contributed by atoms with E-state index in [9.17, 15) is 4.79 Å². The van der Waals surface area contributed by atoms with E-state index in [2.05, 4.69) is 16.0 Å². The number of Topliss-reactive ketones (excluding diaryl/α,β-unsaturated/α-hetero) is 1. The lowest BCUT2D eigenvalue weighted by molar-refractivity contribution is 0.105. The molecule has 0 atom stereocenters. The number of fused-ring (bicyclic) bond motifs is 1. The van der Waals surface area contributed by atoms with Gasteiger partial charge in [0.1, 0.15) is 5.82 Å². The van der Waals surface area contributed by atoms with Gasteiger partial charge in [0.2, 0.25) is 5.75 Å². The van der Waals surface area contributed by atoms with Gasteiger partial charge in [-0.15, -0.1) is 0 Å². The van der Waals surface area contributed by atoms with Gasteiger partial charge in [-0.3, -0.25) is 4.79 Å². The largest absolute Gasteiger partial charge is 0.493 e. The summed E-state index contributed by atoms with van der Waals surface area (Å²) in [5.41, 5.74) is 3.56. The van der Waals surface area contributed by atoms with Crippen molar-refractivity contribution in [2.75, 3.05) is 21.3 Å². The lowest BCUT2D eigenvalue weighted by Gasteiger charge is -2.14. The van der Waals surface area contributed by atoms with Crippen molar-refractivity contribution in [3.05, 3.63) is 83.2 Å². The number of ketones is 1. The molecule has 3 aromatic carbocycles. The molecule has 0 amide bonds. The zero-order chi connectivity index (χ0) is 23.4. The summed E-state index contributed by atoms with van der Waals surface area (Å²) in [6.07, 6.45) is 1.74. The fraction of sp³-hybridized carbons (Fsp3) is 0.115. The summed E-state index contributed by atoms with van der Waals surface area (Å²) in [6.45, 7) is 0. The summed E-state index contributed by atoms with van der Waals surface area (Å²) in [6, 6.07) is 19.8. The maximum atomic E-state index is 13.8. The van der Waals surface area contributed by atoms with E-state index >= 15 is 0 Å². The first-order chi connectivity index (χ1) is 16.1. The molecule has 4 aromatic rings. The van der Waals surface area contributed by atoms with Crippen LogP contribution in [0.25, 0.3) is 22.7 Å². The molecule has 0 aliphatic heterocycles. The van der Waals surface area contributed by atoms with Crippen molar-refractivity contribution in [3.8, 4) is 23.3 Å². The minimum Gasteiger partial charge on any atom is -0.493 e. The van der Waals surface area contributed by atoms with Crippen LogP contribution in [0.5, 0.6) is 17.2 Å². The fourth-order valence-electron chi connectivity index (χ4n) is 3.51. The van der Waals surface area contributed by atoms with Crippen LogP contribution in [-0.2, 0) is 0 Å². The molecule has 33 heavy (non-hydrogen) atoms. The van der Waals surface area contributed by atoms with E-state index in [0.717, 1.165) is 16.6 Å². The third kappa shape index (κ3) is 4.27. The van der Waals surface area contributed by atoms with Crippen LogP contribution in [0.4, 0.5) is 0 Å². The Labute approximate surface area is 190 Å². The third-order valence-electron chi connectivity index (χ3n) is 5.17. The fourth-order valence-corrected chi connectivity index (χ4v) is 3.51. The first kappa shape index (κ1) is 21.7. The Morgan fingerprint density at radius 3 is 2.21 bits per heavy atom. The van der Waals surface area contributed by atoms with Crippen molar-refractivity contribution in [2.45, 2.75) is 0 Å². The van der Waals surface area contributed by atoms with Crippen molar-refractivity contribution >= 4 is 28.5 Å². The molecule has 0 aliphatic rings. The first-order valence-corrected chi connectivity index (χ1v) is 10.1. The number of nitrogens with one attached hydrogen (secondary N) is 1. The lowest BCUT2D eigenvalue weighted by Crippen LogP contribution is -2.06. The Bertz CT molecular complexity index is 1340. The molecule has 1 N–H and O–H groups in total. The number of H-pyrrole nitrogens is 1. The highest BCUT2D eigenvalue weighted by Crippen LogP contribution is 2.39. The number of rotatable bonds is 7. The molecule has 0 unspecified atom stereocenters. The van der Waals surface area contributed by atoms with Gasteiger partial charge in [-0.2, -0.15) is 5.26 Å². The Kier molecular flexibility index (Phi) is 6.09. The van der Waals surface area contributed by atoms with Crippen molar-refractivity contribution in [3.63, 3.8) is 0 Å². The number of hydrogen-bond donors (Lipinski definition) is 1. The van der Waals surface area contributed by atoms with Crippen LogP contribution < -0.4 is 14.2 Å². The Morgan fingerprint density at radius 1 is 0.970 bits per heavy atom. The summed E-state index contributed by atoms with van der Waals surface area (Å²) >= 11 is 0. The quantitative estimate of drug-likeness (QED) is 0.325. The van der Waals surface area contributed by atoms with Gasteiger partial charge >= 0.3 is 0 Å². The van der Waals surface area contributed by atoms with Crippen molar-refractivity contribution in [1.82, 2.24) is 9.97 Å². The topological polar surface area (TPSA) is 97.2 Å². The summed E-state index contributed by atoms with van der Waals surface area (Å²) in [7, 11) is 4.50. The molecule has 0 radical (unpaired) electrons. The highest BCUT2D eigenvalue weighted by molar-refractivity contribution is 6.32. The maximum Gasteiger partial charge on any atom is 0.203 e. The number of nitrogens with zero attached hydrogens (tertiary/aromatic N) is 2. The highest BCUT2D eigenvalue weighted by Gasteiger charge is 2.22. The monoisotopic (exact) mass is 439 g/mol. The van der Waals surface area contributed by atoms with E-state index in [0.29, 0.717) is 39.8 Å². The van der Waals surface area contributed by atoms with E-state index in [4.69, 9.17) is 19.5 Å². The van der Waals surface area contributed by atoms with E-state index < -0.39 is 0 Å². The van der Waals surface area contributed by atoms with Gasteiger partial charge in [0.15, 0.2) is 17.3 Å². The normalized spacial score (nSPS) is 11.2. The molecule has 1 heterocycles. The van der Waals surface area contributed by atoms with Crippen LogP contribution in [-0.4, -0.2) is 37.1 Å². The molecule has 0 saturated heterocycles. The number of allylic oxidation sites excluding steroid dienone is 1. The number of para-hydroxylation sites is 2. The molecular formula is C26H21N3O4. The summed E-state index contributed by atoms with van der Waals surface area (Å²) in [5, 5.41) is 9.08. The van der Waals surface area contributed by atoms with E-state index in [-0.39, 0.29) is 5.78 Å². The number of nitriles is 1. The van der Waals surface area contributed by atoms with Crippen LogP contribution in [0.3, 0.4) is 0 Å². The van der Waals surface area contributed by atoms with Crippen LogP contribution >= 0.6 is 0 Å². The number of ether oxygens (including phenoxy) is 3. The lowest BCUT2D eigenvalue weighted by atomic mass is 9.99. The number of carbonyl (C=O) groups is 1. The van der Waals surface area contributed by atoms with Gasteiger partial charge in [-0.1, -0.05) is 24.3 Å². The standard InChI is InChI=1S/C26H21N3O4/c1-31-22-13-18(14-23(32-2)25(22)33-3)24(30)19(12-16-8-10-17(15-27)11-9-16)26-28-20-6-4-5-7-21(20)29-26/h4-14H,1-3H3,(H,28,29). The number of hydrogen-bond acceptors (Lipinski definition) is 6. The molecule has 0 spiro atoms. The van der Waals surface area contributed by atoms with Crippen LogP contribution in [0, 0.1) is 11.3 Å². The second kappa shape index (κ2) is 9.28. The zero-order valence-electron chi connectivity index (χ0n) is 18.4. The summed E-state index contributed by atoms with van der Waals surface area (Å²) < 4.78 is 16.2. The third-order valence-corrected chi connectivity index (χ3v) is 5.17. The van der Waals surface area contributed by atoms with Gasteiger partial charge in [0.05, 0.1) is 49.6 Å². The molecule has 4 rings (SSSR count). The van der Waals surface area contributed by atoms with E-state index in [1.54, 1.807) is 42.5 Å². The smallest absolute Gasteiger partial charge is 0.203 e. The zero-order valence-corrected chi connectivity index (χ0v) is 18.4. The molecule has 164 valence electrons. The van der Waals surface area contributed by atoms with Crippen LogP contribution in [0.15, 0.2) is 60.7 Å². The Morgan fingerprint density at radius 2 is 1.64 bits per heavy atom. The summed E-state index contributed by atoms with van der Waals surface area (Å²) in [4.78, 5) is 21.6. The van der Waals surface area contributed by atoms with E-state index in [1.165, 1.54) is 21.3 Å². The van der Waals surface area contributed by atoms with Gasteiger partial charge in [-0.05, 0) is 48.0 Å². The molecular weight excluding hydrogens is 418 g/mol. The number of methoxy groups -OCH3 is 3. The molecule has 7 heteroatoms. The number of imidazole rings is 1. The SMILES string of the molecule is COc1cc(C(=O)C(=Cc2ccc(C#N)cc2)c2nc3ccccc3[nH]2)cc(OC)c1OC. The van der Waals surface area contributed by atoms with Crippen LogP contribution in [0.1, 0.15) is 27.3 Å². The molecule has 1 aromatic heterocycles. The first-order valence-electron chi connectivity index (χ1n) is 10.1. The van der Waals surface area contributed by atoms with Gasteiger partial charge in [0, 0.05) is 5.56 Å². The predicted octanol–water partition coefficient (Wildman–Crippen LogP) is 4.88. The second-order valence-electron chi connectivity index (χ2n) is 7.14. The number of benzene rings is 3. The number of carbonyl (C=O) groups excluding carboxylic acids is 1. The summed E-state index contributed by atoms with van der Waals surface area (Å²) in [5.74, 6) is 1.31. The number of aromatic nitrogens is 2. The number of aromatic amines is 1. The molecule has 0 fully saturated rings. The molecule has 0 bridgehead atoms. The minimum atomic E-state index is -0.280. The second-order valence-corrected chi connectivity index (χ2v) is 7.14. The van der Waals surface area contributed by atoms with Gasteiger partial charge in [-0.25, -0.2) is 4.98 Å². The molecule has 0 saturated carbocycles. The maximum absolute atomic E-state index is 13.8. The van der Waals surface area contributed by atoms with Crippen molar-refractivity contribution in [2.24, 2.45) is 0 Å². The van der Waals surface area contributed by atoms with Gasteiger partial charge < -0.3 is 19.2 Å². The molecule has 0 aliphatic carbocycles. The average molecular weight is 439 g/mol. The average Bonchev–Trinajstić information content (AvgIpc) is 3.30. The van der Waals surface area contributed by atoms with Gasteiger partial charge in [0.25, 0.3) is 0 Å². The Balaban J connectivity index is 1.88. The van der Waals surface area contributed by atoms with Crippen LogP contribution in [0.2, 0.25) is 0 Å². The minimum absolute atomic E-state index is 0.280.